The quantitative estimate of drug-likeness (QED) is 0.469. The summed E-state index contributed by atoms with van der Waals surface area (Å²) in [6.07, 6.45) is -1.37. The molecular formula is C26H29F4N7O2. The molecule has 1 saturated heterocycles. The number of halogens is 4. The van der Waals surface area contributed by atoms with Crippen molar-refractivity contribution in [3.63, 3.8) is 0 Å². The summed E-state index contributed by atoms with van der Waals surface area (Å²) in [5.74, 6) is -1.31. The van der Waals surface area contributed by atoms with Crippen molar-refractivity contribution in [2.45, 2.75) is 32.1 Å². The molecule has 2 atom stereocenters. The van der Waals surface area contributed by atoms with E-state index in [2.05, 4.69) is 25.2 Å². The van der Waals surface area contributed by atoms with Crippen LogP contribution in [0, 0.1) is 5.82 Å². The number of aromatic nitrogens is 3. The Labute approximate surface area is 222 Å². The number of hydrogen-bond acceptors (Lipinski definition) is 7. The molecule has 4 rings (SSSR count). The van der Waals surface area contributed by atoms with Crippen molar-refractivity contribution in [3.05, 3.63) is 64.1 Å². The number of rotatable bonds is 5. The number of carbonyl (C=O) groups is 1. The Bertz CT molecular complexity index is 1410. The Morgan fingerprint density at radius 2 is 1.72 bits per heavy atom. The van der Waals surface area contributed by atoms with E-state index in [1.165, 1.54) is 24.5 Å². The molecule has 208 valence electrons. The van der Waals surface area contributed by atoms with E-state index in [4.69, 9.17) is 0 Å². The molecule has 0 bridgehead atoms. The van der Waals surface area contributed by atoms with Crippen LogP contribution in [0.15, 0.2) is 41.6 Å². The molecule has 0 radical (unpaired) electrons. The number of nitrogens with zero attached hydrogens (tertiary/aromatic N) is 5. The van der Waals surface area contributed by atoms with Crippen LogP contribution in [0.4, 0.5) is 34.9 Å². The Balaban J connectivity index is 1.81. The monoisotopic (exact) mass is 547 g/mol. The van der Waals surface area contributed by atoms with Gasteiger partial charge in [0.25, 0.3) is 5.91 Å². The minimum atomic E-state index is -4.94. The van der Waals surface area contributed by atoms with Gasteiger partial charge in [-0.05, 0) is 33.0 Å². The molecule has 39 heavy (non-hydrogen) atoms. The molecule has 3 aromatic rings. The highest BCUT2D eigenvalue weighted by atomic mass is 19.4. The fourth-order valence-corrected chi connectivity index (χ4v) is 4.52. The number of pyridine rings is 1. The maximum atomic E-state index is 15.5. The van der Waals surface area contributed by atoms with Gasteiger partial charge in [-0.25, -0.2) is 14.4 Å². The van der Waals surface area contributed by atoms with Crippen molar-refractivity contribution in [3.8, 4) is 11.1 Å². The second-order valence-corrected chi connectivity index (χ2v) is 9.86. The standard InChI is InChI=1S/C26H29F4N7O2/c1-14-12-37(13-15(2)36(14)5)22-8-20(27)17(16-9-32-25(33-10-16)35(3)4)6-21(22)34-24(39)18-11-31-23(38)7-19(18)26(28,29)30/h6-11,14-15H,12-13H2,1-5H3,(H,31,38)(H,34,39)/t14-,15+. The van der Waals surface area contributed by atoms with Crippen molar-refractivity contribution in [1.29, 1.82) is 0 Å². The number of piperazine rings is 1. The molecule has 1 aliphatic rings. The normalized spacial score (nSPS) is 18.2. The van der Waals surface area contributed by atoms with E-state index in [1.807, 2.05) is 25.8 Å². The Morgan fingerprint density at radius 1 is 1.10 bits per heavy atom. The van der Waals surface area contributed by atoms with E-state index < -0.39 is 34.6 Å². The number of likely N-dealkylation sites (N-methyl/N-ethyl adjacent to an activating group) is 1. The Hall–Kier alpha value is -4.00. The molecule has 2 N–H and O–H groups in total. The van der Waals surface area contributed by atoms with Crippen molar-refractivity contribution in [1.82, 2.24) is 19.9 Å². The third kappa shape index (κ3) is 5.87. The second-order valence-electron chi connectivity index (χ2n) is 9.86. The van der Waals surface area contributed by atoms with Gasteiger partial charge in [0.15, 0.2) is 0 Å². The molecule has 1 fully saturated rings. The first kappa shape index (κ1) is 28.0. The van der Waals surface area contributed by atoms with Gasteiger partial charge >= 0.3 is 6.18 Å². The molecule has 3 heterocycles. The van der Waals surface area contributed by atoms with Gasteiger partial charge < -0.3 is 20.1 Å². The molecule has 0 unspecified atom stereocenters. The molecule has 1 amide bonds. The SMILES string of the molecule is C[C@@H]1CN(c2cc(F)c(-c3cnc(N(C)C)nc3)cc2NC(=O)c2c[nH]c(=O)cc2C(F)(F)F)C[C@H](C)N1C. The second kappa shape index (κ2) is 10.6. The average molecular weight is 548 g/mol. The van der Waals surface area contributed by atoms with Crippen LogP contribution in [0.5, 0.6) is 0 Å². The maximum Gasteiger partial charge on any atom is 0.417 e. The average Bonchev–Trinajstić information content (AvgIpc) is 2.87. The zero-order chi connectivity index (χ0) is 28.6. The molecule has 2 aromatic heterocycles. The fourth-order valence-electron chi connectivity index (χ4n) is 4.52. The van der Waals surface area contributed by atoms with Gasteiger partial charge in [-0.3, -0.25) is 14.5 Å². The summed E-state index contributed by atoms with van der Waals surface area (Å²) in [6, 6.07) is 3.13. The zero-order valence-corrected chi connectivity index (χ0v) is 22.1. The number of hydrogen-bond donors (Lipinski definition) is 2. The van der Waals surface area contributed by atoms with Crippen molar-refractivity contribution < 1.29 is 22.4 Å². The van der Waals surface area contributed by atoms with Crippen LogP contribution in [-0.2, 0) is 6.18 Å². The molecule has 13 heteroatoms. The van der Waals surface area contributed by atoms with Crippen LogP contribution >= 0.6 is 0 Å². The Kier molecular flexibility index (Phi) is 7.64. The van der Waals surface area contributed by atoms with Gasteiger partial charge in [-0.15, -0.1) is 0 Å². The predicted molar refractivity (Wildman–Crippen MR) is 141 cm³/mol. The maximum absolute atomic E-state index is 15.5. The highest BCUT2D eigenvalue weighted by molar-refractivity contribution is 6.07. The Morgan fingerprint density at radius 3 is 2.28 bits per heavy atom. The number of H-pyrrole nitrogens is 1. The molecule has 1 aliphatic heterocycles. The van der Waals surface area contributed by atoms with Crippen LogP contribution in [0.2, 0.25) is 0 Å². The van der Waals surface area contributed by atoms with Gasteiger partial charge in [0.1, 0.15) is 5.82 Å². The minimum Gasteiger partial charge on any atom is -0.367 e. The van der Waals surface area contributed by atoms with E-state index in [0.717, 1.165) is 6.20 Å². The summed E-state index contributed by atoms with van der Waals surface area (Å²) in [6.45, 7) is 5.00. The number of benzene rings is 1. The van der Waals surface area contributed by atoms with E-state index in [9.17, 15) is 22.8 Å². The molecule has 0 saturated carbocycles. The fraction of sp³-hybridized carbons (Fsp3) is 0.385. The zero-order valence-electron chi connectivity index (χ0n) is 22.1. The van der Waals surface area contributed by atoms with Crippen LogP contribution in [0.1, 0.15) is 29.8 Å². The smallest absolute Gasteiger partial charge is 0.367 e. The summed E-state index contributed by atoms with van der Waals surface area (Å²) in [5, 5.41) is 2.53. The number of aromatic amines is 1. The van der Waals surface area contributed by atoms with Gasteiger partial charge in [0, 0.05) is 75.1 Å². The predicted octanol–water partition coefficient (Wildman–Crippen LogP) is 3.84. The van der Waals surface area contributed by atoms with E-state index in [0.29, 0.717) is 36.4 Å². The third-order valence-electron chi connectivity index (χ3n) is 6.86. The summed E-state index contributed by atoms with van der Waals surface area (Å²) in [7, 11) is 5.48. The number of nitrogens with one attached hydrogen (secondary N) is 2. The van der Waals surface area contributed by atoms with E-state index in [-0.39, 0.29) is 23.3 Å². The van der Waals surface area contributed by atoms with Gasteiger partial charge in [0.05, 0.1) is 22.5 Å². The van der Waals surface area contributed by atoms with Crippen LogP contribution in [0.25, 0.3) is 11.1 Å². The van der Waals surface area contributed by atoms with Gasteiger partial charge in [-0.2, -0.15) is 13.2 Å². The van der Waals surface area contributed by atoms with Crippen molar-refractivity contribution in [2.75, 3.05) is 49.3 Å². The molecule has 9 nitrogen and oxygen atoms in total. The van der Waals surface area contributed by atoms with Crippen molar-refractivity contribution in [2.24, 2.45) is 0 Å². The first-order valence-electron chi connectivity index (χ1n) is 12.2. The summed E-state index contributed by atoms with van der Waals surface area (Å²) < 4.78 is 56.4. The highest BCUT2D eigenvalue weighted by Crippen LogP contribution is 2.37. The number of alkyl halides is 3. The van der Waals surface area contributed by atoms with Gasteiger partial charge in [0.2, 0.25) is 11.5 Å². The lowest BCUT2D eigenvalue weighted by Crippen LogP contribution is -2.55. The molecule has 0 aliphatic carbocycles. The third-order valence-corrected chi connectivity index (χ3v) is 6.86. The molecule has 0 spiro atoms. The van der Waals surface area contributed by atoms with E-state index in [1.54, 1.807) is 19.0 Å². The molecule has 1 aromatic carbocycles. The summed E-state index contributed by atoms with van der Waals surface area (Å²) >= 11 is 0. The summed E-state index contributed by atoms with van der Waals surface area (Å²) in [5.41, 5.74) is -2.32. The van der Waals surface area contributed by atoms with Crippen LogP contribution < -0.4 is 20.7 Å². The molecular weight excluding hydrogens is 518 g/mol. The lowest BCUT2D eigenvalue weighted by molar-refractivity contribution is -0.138. The van der Waals surface area contributed by atoms with E-state index >= 15 is 4.39 Å². The number of amides is 1. The van der Waals surface area contributed by atoms with Crippen molar-refractivity contribution >= 4 is 23.2 Å². The minimum absolute atomic E-state index is 0.0621. The lowest BCUT2D eigenvalue weighted by Gasteiger charge is -2.44. The largest absolute Gasteiger partial charge is 0.417 e. The number of anilines is 3. The van der Waals surface area contributed by atoms with Gasteiger partial charge in [-0.1, -0.05) is 0 Å². The summed E-state index contributed by atoms with van der Waals surface area (Å²) in [4.78, 5) is 41.0. The first-order chi connectivity index (χ1) is 18.3. The highest BCUT2D eigenvalue weighted by Gasteiger charge is 2.36. The topological polar surface area (TPSA) is 97.5 Å². The lowest BCUT2D eigenvalue weighted by atomic mass is 10.0. The van der Waals surface area contributed by atoms with Crippen LogP contribution in [0.3, 0.4) is 0 Å². The van der Waals surface area contributed by atoms with Crippen LogP contribution in [-0.4, -0.2) is 72.1 Å². The first-order valence-corrected chi connectivity index (χ1v) is 12.2. The number of carbonyl (C=O) groups excluding carboxylic acids is 1.